The second kappa shape index (κ2) is 11.1. The van der Waals surface area contributed by atoms with Crippen LogP contribution in [-0.4, -0.2) is 82.8 Å². The molecule has 7 heteroatoms. The van der Waals surface area contributed by atoms with Gasteiger partial charge in [0.25, 0.3) is 0 Å². The van der Waals surface area contributed by atoms with Crippen molar-refractivity contribution in [3.05, 3.63) is 0 Å². The second-order valence-electron chi connectivity index (χ2n) is 4.66. The van der Waals surface area contributed by atoms with Crippen LogP contribution in [0.4, 0.5) is 0 Å². The molecule has 1 rings (SSSR count). The van der Waals surface area contributed by atoms with Crippen molar-refractivity contribution in [3.63, 3.8) is 0 Å². The van der Waals surface area contributed by atoms with Gasteiger partial charge in [-0.1, -0.05) is 0 Å². The van der Waals surface area contributed by atoms with Crippen LogP contribution in [-0.2, 0) is 4.79 Å². The number of nitrogens with one attached hydrogen (secondary N) is 4. The van der Waals surface area contributed by atoms with Crippen molar-refractivity contribution >= 4 is 5.91 Å². The minimum absolute atomic E-state index is 0.0548. The van der Waals surface area contributed by atoms with Crippen LogP contribution in [0.5, 0.6) is 0 Å². The Labute approximate surface area is 115 Å². The van der Waals surface area contributed by atoms with Gasteiger partial charge in [0.2, 0.25) is 5.91 Å². The van der Waals surface area contributed by atoms with Gasteiger partial charge in [-0.05, 0) is 0 Å². The highest BCUT2D eigenvalue weighted by Crippen LogP contribution is 1.87. The molecule has 0 spiro atoms. The molecule has 0 atom stereocenters. The molecule has 7 nitrogen and oxygen atoms in total. The molecule has 1 amide bonds. The first-order chi connectivity index (χ1) is 9.33. The molecule has 1 heterocycles. The average Bonchev–Trinajstić information content (AvgIpc) is 2.39. The van der Waals surface area contributed by atoms with E-state index in [1.165, 1.54) is 0 Å². The molecule has 0 radical (unpaired) electrons. The van der Waals surface area contributed by atoms with Gasteiger partial charge in [0, 0.05) is 65.4 Å². The zero-order chi connectivity index (χ0) is 13.8. The summed E-state index contributed by atoms with van der Waals surface area (Å²) in [4.78, 5) is 13.9. The van der Waals surface area contributed by atoms with E-state index in [-0.39, 0.29) is 5.91 Å². The SMILES string of the molecule is NCCNC(=O)CN1CCNCCNCCNCC1. The average molecular weight is 272 g/mol. The lowest BCUT2D eigenvalue weighted by Gasteiger charge is -2.23. The third kappa shape index (κ3) is 8.90. The molecule has 0 saturated carbocycles. The first-order valence-electron chi connectivity index (χ1n) is 7.14. The van der Waals surface area contributed by atoms with E-state index in [1.54, 1.807) is 0 Å². The highest BCUT2D eigenvalue weighted by molar-refractivity contribution is 5.77. The van der Waals surface area contributed by atoms with Gasteiger partial charge in [0.15, 0.2) is 0 Å². The van der Waals surface area contributed by atoms with Gasteiger partial charge in [-0.3, -0.25) is 9.69 Å². The van der Waals surface area contributed by atoms with E-state index >= 15 is 0 Å². The van der Waals surface area contributed by atoms with E-state index in [4.69, 9.17) is 5.73 Å². The Morgan fingerprint density at radius 3 is 2.05 bits per heavy atom. The number of carbonyl (C=O) groups excluding carboxylic acids is 1. The number of amides is 1. The predicted octanol–water partition coefficient (Wildman–Crippen LogP) is -2.85. The van der Waals surface area contributed by atoms with Crippen LogP contribution in [0.25, 0.3) is 0 Å². The zero-order valence-corrected chi connectivity index (χ0v) is 11.7. The van der Waals surface area contributed by atoms with E-state index in [0.29, 0.717) is 19.6 Å². The first kappa shape index (κ1) is 16.3. The minimum atomic E-state index is 0.0548. The maximum atomic E-state index is 11.7. The molecule has 1 aliphatic rings. The standard InChI is InChI=1S/C12H28N6O/c13-1-2-17-12(19)11-18-9-7-15-5-3-14-4-6-16-8-10-18/h14-16H,1-11,13H2,(H,17,19). The summed E-state index contributed by atoms with van der Waals surface area (Å²) < 4.78 is 0. The number of hydrogen-bond acceptors (Lipinski definition) is 6. The maximum absolute atomic E-state index is 11.7. The zero-order valence-electron chi connectivity index (χ0n) is 11.7. The maximum Gasteiger partial charge on any atom is 0.234 e. The van der Waals surface area contributed by atoms with Crippen LogP contribution >= 0.6 is 0 Å². The van der Waals surface area contributed by atoms with Crippen molar-refractivity contribution in [2.75, 3.05) is 72.0 Å². The van der Waals surface area contributed by atoms with Gasteiger partial charge in [-0.2, -0.15) is 0 Å². The summed E-state index contributed by atoms with van der Waals surface area (Å²) in [6.07, 6.45) is 0. The summed E-state index contributed by atoms with van der Waals surface area (Å²) in [5.74, 6) is 0.0548. The smallest absolute Gasteiger partial charge is 0.234 e. The second-order valence-corrected chi connectivity index (χ2v) is 4.66. The Kier molecular flexibility index (Phi) is 9.56. The van der Waals surface area contributed by atoms with Crippen LogP contribution in [0.2, 0.25) is 0 Å². The Hall–Kier alpha value is -0.730. The molecular formula is C12H28N6O. The Balaban J connectivity index is 2.27. The highest BCUT2D eigenvalue weighted by atomic mass is 16.2. The molecule has 0 bridgehead atoms. The molecule has 1 aliphatic heterocycles. The predicted molar refractivity (Wildman–Crippen MR) is 77.1 cm³/mol. The van der Waals surface area contributed by atoms with E-state index in [0.717, 1.165) is 52.4 Å². The largest absolute Gasteiger partial charge is 0.354 e. The third-order valence-corrected chi connectivity index (χ3v) is 3.00. The van der Waals surface area contributed by atoms with Crippen LogP contribution in [0.3, 0.4) is 0 Å². The van der Waals surface area contributed by atoms with Crippen molar-refractivity contribution in [1.82, 2.24) is 26.2 Å². The monoisotopic (exact) mass is 272 g/mol. The third-order valence-electron chi connectivity index (χ3n) is 3.00. The number of rotatable bonds is 4. The fraction of sp³-hybridized carbons (Fsp3) is 0.917. The van der Waals surface area contributed by atoms with Gasteiger partial charge < -0.3 is 27.0 Å². The molecule has 112 valence electrons. The highest BCUT2D eigenvalue weighted by Gasteiger charge is 2.10. The summed E-state index contributed by atoms with van der Waals surface area (Å²) in [5.41, 5.74) is 5.37. The number of nitrogens with zero attached hydrogens (tertiary/aromatic N) is 1. The number of carbonyl (C=O) groups is 1. The Morgan fingerprint density at radius 1 is 1.00 bits per heavy atom. The molecule has 0 aromatic heterocycles. The van der Waals surface area contributed by atoms with Gasteiger partial charge >= 0.3 is 0 Å². The number of nitrogens with two attached hydrogens (primary N) is 1. The molecule has 6 N–H and O–H groups in total. The van der Waals surface area contributed by atoms with Crippen molar-refractivity contribution in [2.24, 2.45) is 5.73 Å². The Bertz CT molecular complexity index is 226. The van der Waals surface area contributed by atoms with Gasteiger partial charge in [-0.25, -0.2) is 0 Å². The number of hydrogen-bond donors (Lipinski definition) is 5. The molecule has 1 saturated heterocycles. The fourth-order valence-electron chi connectivity index (χ4n) is 1.94. The molecular weight excluding hydrogens is 244 g/mol. The molecule has 0 aromatic rings. The van der Waals surface area contributed by atoms with Gasteiger partial charge in [-0.15, -0.1) is 0 Å². The van der Waals surface area contributed by atoms with Crippen LogP contribution < -0.4 is 27.0 Å². The van der Waals surface area contributed by atoms with Gasteiger partial charge in [0.1, 0.15) is 0 Å². The fourth-order valence-corrected chi connectivity index (χ4v) is 1.94. The summed E-state index contributed by atoms with van der Waals surface area (Å²) in [7, 11) is 0. The summed E-state index contributed by atoms with van der Waals surface area (Å²) in [6, 6.07) is 0. The van der Waals surface area contributed by atoms with Crippen molar-refractivity contribution in [3.8, 4) is 0 Å². The summed E-state index contributed by atoms with van der Waals surface area (Å²) in [6.45, 7) is 8.98. The lowest BCUT2D eigenvalue weighted by atomic mass is 10.4. The van der Waals surface area contributed by atoms with E-state index in [9.17, 15) is 4.79 Å². The quantitative estimate of drug-likeness (QED) is 0.378. The minimum Gasteiger partial charge on any atom is -0.354 e. The van der Waals surface area contributed by atoms with Crippen LogP contribution in [0, 0.1) is 0 Å². The molecule has 1 fully saturated rings. The van der Waals surface area contributed by atoms with E-state index < -0.39 is 0 Å². The van der Waals surface area contributed by atoms with E-state index in [2.05, 4.69) is 26.2 Å². The normalized spacial score (nSPS) is 20.3. The Morgan fingerprint density at radius 2 is 1.53 bits per heavy atom. The first-order valence-corrected chi connectivity index (χ1v) is 7.14. The molecule has 0 aromatic carbocycles. The van der Waals surface area contributed by atoms with Crippen molar-refractivity contribution < 1.29 is 4.79 Å². The van der Waals surface area contributed by atoms with Gasteiger partial charge in [0.05, 0.1) is 6.54 Å². The molecule has 0 unspecified atom stereocenters. The van der Waals surface area contributed by atoms with Crippen molar-refractivity contribution in [2.45, 2.75) is 0 Å². The van der Waals surface area contributed by atoms with Crippen LogP contribution in [0.1, 0.15) is 0 Å². The summed E-state index contributed by atoms with van der Waals surface area (Å²) in [5, 5.41) is 12.9. The van der Waals surface area contributed by atoms with Crippen LogP contribution in [0.15, 0.2) is 0 Å². The van der Waals surface area contributed by atoms with E-state index in [1.807, 2.05) is 0 Å². The lowest BCUT2D eigenvalue weighted by molar-refractivity contribution is -0.122. The van der Waals surface area contributed by atoms with Crippen molar-refractivity contribution in [1.29, 1.82) is 0 Å². The lowest BCUT2D eigenvalue weighted by Crippen LogP contribution is -2.45. The molecule has 0 aliphatic carbocycles. The summed E-state index contributed by atoms with van der Waals surface area (Å²) >= 11 is 0. The molecule has 19 heavy (non-hydrogen) atoms. The topological polar surface area (TPSA) is 94.5 Å².